The molecule has 1 amide bonds. The molecule has 0 unspecified atom stereocenters. The molecule has 96 valence electrons. The van der Waals surface area contributed by atoms with Gasteiger partial charge in [-0.25, -0.2) is 9.82 Å². The van der Waals surface area contributed by atoms with Crippen molar-refractivity contribution in [2.24, 2.45) is 5.10 Å². The lowest BCUT2D eigenvalue weighted by Gasteiger charge is -2.16. The maximum atomic E-state index is 13.7. The summed E-state index contributed by atoms with van der Waals surface area (Å²) in [5, 5.41) is 3.35. The maximum absolute atomic E-state index is 13.7. The van der Waals surface area contributed by atoms with Crippen molar-refractivity contribution in [1.82, 2.24) is 5.43 Å². The smallest absolute Gasteiger partial charge is 0.419 e. The first kappa shape index (κ1) is 12.3. The highest BCUT2D eigenvalue weighted by Gasteiger charge is 2.35. The third-order valence-electron chi connectivity index (χ3n) is 2.16. The number of nitrogens with zero attached hydrogens (tertiary/aromatic N) is 1. The molecule has 1 aromatic carbocycles. The zero-order valence-electron chi connectivity index (χ0n) is 8.71. The van der Waals surface area contributed by atoms with Crippen LogP contribution in [0.25, 0.3) is 0 Å². The summed E-state index contributed by atoms with van der Waals surface area (Å²) in [6.45, 7) is -0.422. The van der Waals surface area contributed by atoms with Crippen LogP contribution in [0.1, 0.15) is 11.1 Å². The second kappa shape index (κ2) is 4.28. The van der Waals surface area contributed by atoms with Gasteiger partial charge in [0.2, 0.25) is 5.90 Å². The minimum absolute atomic E-state index is 0.391. The number of carbonyl (C=O) groups excluding carboxylic acids is 1. The molecule has 0 bridgehead atoms. The summed E-state index contributed by atoms with van der Waals surface area (Å²) in [5.41, 5.74) is 0.125. The van der Waals surface area contributed by atoms with Crippen LogP contribution < -0.4 is 5.43 Å². The lowest BCUT2D eigenvalue weighted by molar-refractivity contribution is -0.140. The molecule has 0 radical (unpaired) electrons. The second-order valence-electron chi connectivity index (χ2n) is 3.41. The molecule has 0 saturated heterocycles. The van der Waals surface area contributed by atoms with Crippen molar-refractivity contribution in [2.45, 2.75) is 6.18 Å². The highest BCUT2D eigenvalue weighted by molar-refractivity contribution is 5.98. The van der Waals surface area contributed by atoms with Crippen LogP contribution in [0.15, 0.2) is 23.3 Å². The molecule has 0 saturated carbocycles. The SMILES string of the molecule is O=C1COC(c2cccc(C(F)(F)F)c2F)=NN1. The van der Waals surface area contributed by atoms with Crippen molar-refractivity contribution in [3.8, 4) is 0 Å². The topological polar surface area (TPSA) is 50.7 Å². The Kier molecular flexibility index (Phi) is 2.93. The summed E-state index contributed by atoms with van der Waals surface area (Å²) in [6.07, 6.45) is -4.81. The number of benzene rings is 1. The van der Waals surface area contributed by atoms with E-state index in [1.807, 2.05) is 5.43 Å². The van der Waals surface area contributed by atoms with E-state index in [0.29, 0.717) is 6.07 Å². The number of hydrogen-bond acceptors (Lipinski definition) is 3. The van der Waals surface area contributed by atoms with E-state index in [1.165, 1.54) is 0 Å². The lowest BCUT2D eigenvalue weighted by Crippen LogP contribution is -2.32. The summed E-state index contributed by atoms with van der Waals surface area (Å²) >= 11 is 0. The third-order valence-corrected chi connectivity index (χ3v) is 2.16. The number of rotatable bonds is 1. The Labute approximate surface area is 98.2 Å². The van der Waals surface area contributed by atoms with Gasteiger partial charge in [-0.05, 0) is 12.1 Å². The summed E-state index contributed by atoms with van der Waals surface area (Å²) in [7, 11) is 0. The number of carbonyl (C=O) groups is 1. The standard InChI is InChI=1S/C10H6F4N2O2/c11-8-5(9-16-15-7(17)4-18-9)2-1-3-6(8)10(12,13)14/h1-3H,4H2,(H,15,17). The summed E-state index contributed by atoms with van der Waals surface area (Å²) in [4.78, 5) is 10.7. The van der Waals surface area contributed by atoms with Gasteiger partial charge in [0.05, 0.1) is 11.1 Å². The van der Waals surface area contributed by atoms with Crippen LogP contribution in [-0.2, 0) is 15.7 Å². The van der Waals surface area contributed by atoms with Gasteiger partial charge in [0.1, 0.15) is 5.82 Å². The molecule has 0 aliphatic carbocycles. The predicted octanol–water partition coefficient (Wildman–Crippen LogP) is 1.65. The number of hydrazone groups is 1. The number of halogens is 4. The van der Waals surface area contributed by atoms with Crippen molar-refractivity contribution in [3.05, 3.63) is 35.1 Å². The highest BCUT2D eigenvalue weighted by Crippen LogP contribution is 2.32. The Morgan fingerprint density at radius 1 is 1.33 bits per heavy atom. The Bertz CT molecular complexity index is 525. The van der Waals surface area contributed by atoms with Crippen LogP contribution in [0.3, 0.4) is 0 Å². The minimum atomic E-state index is -4.81. The van der Waals surface area contributed by atoms with Gasteiger partial charge >= 0.3 is 6.18 Å². The highest BCUT2D eigenvalue weighted by atomic mass is 19.4. The van der Waals surface area contributed by atoms with Crippen LogP contribution >= 0.6 is 0 Å². The molecule has 1 N–H and O–H groups in total. The monoisotopic (exact) mass is 262 g/mol. The lowest BCUT2D eigenvalue weighted by atomic mass is 10.1. The fourth-order valence-corrected chi connectivity index (χ4v) is 1.37. The summed E-state index contributed by atoms with van der Waals surface area (Å²) in [6, 6.07) is 2.73. The molecular weight excluding hydrogens is 256 g/mol. The first-order chi connectivity index (χ1) is 8.39. The van der Waals surface area contributed by atoms with Crippen molar-refractivity contribution < 1.29 is 27.1 Å². The first-order valence-electron chi connectivity index (χ1n) is 4.75. The van der Waals surface area contributed by atoms with Crippen molar-refractivity contribution in [3.63, 3.8) is 0 Å². The zero-order valence-corrected chi connectivity index (χ0v) is 8.71. The Hall–Kier alpha value is -2.12. The van der Waals surface area contributed by atoms with Crippen LogP contribution in [0.4, 0.5) is 17.6 Å². The van der Waals surface area contributed by atoms with E-state index in [-0.39, 0.29) is 0 Å². The Morgan fingerprint density at radius 2 is 2.06 bits per heavy atom. The molecule has 2 rings (SSSR count). The molecule has 1 aromatic rings. The van der Waals surface area contributed by atoms with Gasteiger partial charge in [0.15, 0.2) is 6.61 Å². The molecule has 1 heterocycles. The summed E-state index contributed by atoms with van der Waals surface area (Å²) < 4.78 is 55.8. The maximum Gasteiger partial charge on any atom is 0.419 e. The zero-order chi connectivity index (χ0) is 13.3. The third kappa shape index (κ3) is 2.27. The molecule has 1 aliphatic rings. The second-order valence-corrected chi connectivity index (χ2v) is 3.41. The molecular formula is C10H6F4N2O2. The molecule has 1 aliphatic heterocycles. The van der Waals surface area contributed by atoms with Crippen LogP contribution in [0, 0.1) is 5.82 Å². The van der Waals surface area contributed by atoms with Gasteiger partial charge in [-0.3, -0.25) is 4.79 Å². The Balaban J connectivity index is 2.44. The van der Waals surface area contributed by atoms with E-state index in [9.17, 15) is 22.4 Å². The predicted molar refractivity (Wildman–Crippen MR) is 52.0 cm³/mol. The molecule has 0 atom stereocenters. The molecule has 0 aromatic heterocycles. The van der Waals surface area contributed by atoms with E-state index < -0.39 is 41.5 Å². The normalized spacial score (nSPS) is 15.8. The molecule has 8 heteroatoms. The average Bonchev–Trinajstić information content (AvgIpc) is 2.29. The van der Waals surface area contributed by atoms with Gasteiger partial charge in [-0.2, -0.15) is 13.2 Å². The molecule has 4 nitrogen and oxygen atoms in total. The van der Waals surface area contributed by atoms with Crippen LogP contribution in [-0.4, -0.2) is 18.4 Å². The van der Waals surface area contributed by atoms with E-state index in [0.717, 1.165) is 12.1 Å². The quantitative estimate of drug-likeness (QED) is 0.782. The van der Waals surface area contributed by atoms with E-state index in [4.69, 9.17) is 4.74 Å². The van der Waals surface area contributed by atoms with Gasteiger partial charge in [0, 0.05) is 0 Å². The van der Waals surface area contributed by atoms with Crippen molar-refractivity contribution >= 4 is 11.8 Å². The fraction of sp³-hybridized carbons (Fsp3) is 0.200. The van der Waals surface area contributed by atoms with Crippen LogP contribution in [0.5, 0.6) is 0 Å². The minimum Gasteiger partial charge on any atom is -0.466 e. The number of nitrogens with one attached hydrogen (secondary N) is 1. The van der Waals surface area contributed by atoms with Crippen LogP contribution in [0.2, 0.25) is 0 Å². The van der Waals surface area contributed by atoms with E-state index in [2.05, 4.69) is 5.10 Å². The number of amides is 1. The number of ether oxygens (including phenoxy) is 1. The fourth-order valence-electron chi connectivity index (χ4n) is 1.37. The molecule has 0 fully saturated rings. The van der Waals surface area contributed by atoms with Gasteiger partial charge in [-0.15, -0.1) is 5.10 Å². The largest absolute Gasteiger partial charge is 0.466 e. The average molecular weight is 262 g/mol. The number of hydrogen-bond donors (Lipinski definition) is 1. The summed E-state index contributed by atoms with van der Waals surface area (Å²) in [5.74, 6) is -2.44. The van der Waals surface area contributed by atoms with Crippen molar-refractivity contribution in [1.29, 1.82) is 0 Å². The van der Waals surface area contributed by atoms with E-state index >= 15 is 0 Å². The Morgan fingerprint density at radius 3 is 2.61 bits per heavy atom. The molecule has 18 heavy (non-hydrogen) atoms. The molecule has 0 spiro atoms. The van der Waals surface area contributed by atoms with Gasteiger partial charge in [0.25, 0.3) is 5.91 Å². The van der Waals surface area contributed by atoms with E-state index in [1.54, 1.807) is 0 Å². The van der Waals surface area contributed by atoms with Gasteiger partial charge in [-0.1, -0.05) is 6.07 Å². The number of alkyl halides is 3. The van der Waals surface area contributed by atoms with Crippen molar-refractivity contribution in [2.75, 3.05) is 6.61 Å². The van der Waals surface area contributed by atoms with Gasteiger partial charge < -0.3 is 4.74 Å². The first-order valence-corrected chi connectivity index (χ1v) is 4.75.